The Balaban J connectivity index is 1.31. The van der Waals surface area contributed by atoms with Gasteiger partial charge in [0.1, 0.15) is 0 Å². The largest absolute Gasteiger partial charge is 0.346 e. The minimum Gasteiger partial charge on any atom is -0.346 e. The molecule has 0 spiro atoms. The number of anilines is 1. The van der Waals surface area contributed by atoms with E-state index in [9.17, 15) is 18.0 Å². The smallest absolute Gasteiger partial charge is 0.324 e. The lowest BCUT2D eigenvalue weighted by Crippen LogP contribution is -2.44. The van der Waals surface area contributed by atoms with Crippen LogP contribution in [0.5, 0.6) is 0 Å². The van der Waals surface area contributed by atoms with E-state index in [1.54, 1.807) is 21.9 Å². The molecule has 1 saturated carbocycles. The SMILES string of the molecule is CS(=O)(=O)C1(c2ccc(N3C[C@@H]4[C@H](NC(=O)c5ccc(Cl)s5)CCN4C3=O)cc2)CC1. The predicted molar refractivity (Wildman–Crippen MR) is 121 cm³/mol. The van der Waals surface area contributed by atoms with E-state index in [1.165, 1.54) is 17.6 Å². The van der Waals surface area contributed by atoms with Crippen LogP contribution in [0.25, 0.3) is 0 Å². The van der Waals surface area contributed by atoms with E-state index in [-0.39, 0.29) is 24.0 Å². The number of rotatable bonds is 5. The first-order valence-electron chi connectivity index (χ1n) is 10.1. The summed E-state index contributed by atoms with van der Waals surface area (Å²) in [5, 5.41) is 3.05. The van der Waals surface area contributed by atoms with Crippen LogP contribution in [0.2, 0.25) is 4.34 Å². The number of nitrogens with one attached hydrogen (secondary N) is 1. The van der Waals surface area contributed by atoms with Crippen molar-refractivity contribution in [3.8, 4) is 0 Å². The minimum atomic E-state index is -3.18. The highest BCUT2D eigenvalue weighted by Crippen LogP contribution is 2.52. The molecule has 164 valence electrons. The molecule has 3 amide bonds. The van der Waals surface area contributed by atoms with Gasteiger partial charge in [-0.05, 0) is 49.1 Å². The Morgan fingerprint density at radius 1 is 1.19 bits per heavy atom. The van der Waals surface area contributed by atoms with E-state index in [4.69, 9.17) is 11.6 Å². The molecular weight excluding hydrogens is 458 g/mol. The molecular formula is C21H22ClN3O4S2. The topological polar surface area (TPSA) is 86.8 Å². The summed E-state index contributed by atoms with van der Waals surface area (Å²) in [7, 11) is -3.18. The summed E-state index contributed by atoms with van der Waals surface area (Å²) in [5.74, 6) is -0.172. The molecule has 5 rings (SSSR count). The van der Waals surface area contributed by atoms with Crippen molar-refractivity contribution < 1.29 is 18.0 Å². The lowest BCUT2D eigenvalue weighted by molar-refractivity contribution is 0.0935. The third kappa shape index (κ3) is 3.43. The van der Waals surface area contributed by atoms with Crippen LogP contribution in [-0.4, -0.2) is 56.7 Å². The Hall–Kier alpha value is -2.10. The summed E-state index contributed by atoms with van der Waals surface area (Å²) in [6, 6.07) is 10.4. The highest BCUT2D eigenvalue weighted by molar-refractivity contribution is 7.92. The Morgan fingerprint density at radius 3 is 2.48 bits per heavy atom. The molecule has 3 aliphatic rings. The van der Waals surface area contributed by atoms with Crippen LogP contribution >= 0.6 is 22.9 Å². The highest BCUT2D eigenvalue weighted by atomic mass is 35.5. The number of amides is 3. The molecule has 2 atom stereocenters. The van der Waals surface area contributed by atoms with Crippen molar-refractivity contribution in [3.63, 3.8) is 0 Å². The van der Waals surface area contributed by atoms with Crippen molar-refractivity contribution in [2.45, 2.75) is 36.1 Å². The van der Waals surface area contributed by atoms with Gasteiger partial charge in [-0.15, -0.1) is 11.3 Å². The van der Waals surface area contributed by atoms with Crippen molar-refractivity contribution in [2.24, 2.45) is 0 Å². The number of hydrogen-bond acceptors (Lipinski definition) is 5. The number of carbonyl (C=O) groups excluding carboxylic acids is 2. The summed E-state index contributed by atoms with van der Waals surface area (Å²) in [6.07, 6.45) is 3.27. The van der Waals surface area contributed by atoms with Gasteiger partial charge in [0.05, 0.1) is 32.6 Å². The molecule has 1 aromatic heterocycles. The van der Waals surface area contributed by atoms with E-state index in [2.05, 4.69) is 5.32 Å². The maximum Gasteiger partial charge on any atom is 0.324 e. The molecule has 2 aromatic rings. The van der Waals surface area contributed by atoms with E-state index in [0.29, 0.717) is 41.6 Å². The zero-order chi connectivity index (χ0) is 22.0. The van der Waals surface area contributed by atoms with Crippen LogP contribution in [0.3, 0.4) is 0 Å². The van der Waals surface area contributed by atoms with Crippen LogP contribution in [0.15, 0.2) is 36.4 Å². The van der Waals surface area contributed by atoms with Gasteiger partial charge in [0.2, 0.25) is 0 Å². The second-order valence-corrected chi connectivity index (χ2v) is 12.5. The fourth-order valence-electron chi connectivity index (χ4n) is 4.73. The first-order chi connectivity index (χ1) is 14.7. The number of carbonyl (C=O) groups is 2. The highest BCUT2D eigenvalue weighted by Gasteiger charge is 2.53. The number of halogens is 1. The van der Waals surface area contributed by atoms with Crippen molar-refractivity contribution in [3.05, 3.63) is 51.2 Å². The average molecular weight is 480 g/mol. The van der Waals surface area contributed by atoms with Gasteiger partial charge in [0.15, 0.2) is 9.84 Å². The maximum atomic E-state index is 13.0. The number of urea groups is 1. The molecule has 0 bridgehead atoms. The zero-order valence-electron chi connectivity index (χ0n) is 16.9. The summed E-state index contributed by atoms with van der Waals surface area (Å²) < 4.78 is 24.1. The predicted octanol–water partition coefficient (Wildman–Crippen LogP) is 3.25. The molecule has 3 heterocycles. The zero-order valence-corrected chi connectivity index (χ0v) is 19.3. The Kier molecular flexibility index (Phi) is 4.84. The van der Waals surface area contributed by atoms with E-state index < -0.39 is 14.6 Å². The first-order valence-corrected chi connectivity index (χ1v) is 13.2. The number of nitrogens with zero attached hydrogens (tertiary/aromatic N) is 2. The number of benzene rings is 1. The van der Waals surface area contributed by atoms with Crippen molar-refractivity contribution in [2.75, 3.05) is 24.2 Å². The summed E-state index contributed by atoms with van der Waals surface area (Å²) in [4.78, 5) is 29.6. The third-order valence-electron chi connectivity index (χ3n) is 6.62. The van der Waals surface area contributed by atoms with Crippen LogP contribution < -0.4 is 10.2 Å². The maximum absolute atomic E-state index is 13.0. The monoisotopic (exact) mass is 479 g/mol. The van der Waals surface area contributed by atoms with Gasteiger partial charge >= 0.3 is 6.03 Å². The molecule has 0 unspecified atom stereocenters. The lowest BCUT2D eigenvalue weighted by atomic mass is 10.1. The molecule has 2 saturated heterocycles. The number of thiophene rings is 1. The molecule has 1 N–H and O–H groups in total. The Morgan fingerprint density at radius 2 is 1.90 bits per heavy atom. The fourth-order valence-corrected chi connectivity index (χ4v) is 7.08. The van der Waals surface area contributed by atoms with Gasteiger partial charge in [-0.3, -0.25) is 9.69 Å². The van der Waals surface area contributed by atoms with Gasteiger partial charge in [-0.1, -0.05) is 23.7 Å². The number of sulfone groups is 1. The average Bonchev–Trinajstić information content (AvgIpc) is 3.15. The van der Waals surface area contributed by atoms with Crippen LogP contribution in [-0.2, 0) is 14.6 Å². The molecule has 3 fully saturated rings. The second kappa shape index (κ2) is 7.21. The molecule has 7 nitrogen and oxygen atoms in total. The quantitative estimate of drug-likeness (QED) is 0.713. The summed E-state index contributed by atoms with van der Waals surface area (Å²) >= 11 is 7.16. The summed E-state index contributed by atoms with van der Waals surface area (Å²) in [5.41, 5.74) is 1.52. The van der Waals surface area contributed by atoms with Gasteiger partial charge in [0, 0.05) is 18.5 Å². The lowest BCUT2D eigenvalue weighted by Gasteiger charge is -2.20. The van der Waals surface area contributed by atoms with Gasteiger partial charge in [-0.25, -0.2) is 13.2 Å². The van der Waals surface area contributed by atoms with Crippen LogP contribution in [0.1, 0.15) is 34.5 Å². The van der Waals surface area contributed by atoms with E-state index in [1.807, 2.05) is 24.3 Å². The van der Waals surface area contributed by atoms with E-state index >= 15 is 0 Å². The van der Waals surface area contributed by atoms with Crippen molar-refractivity contribution in [1.82, 2.24) is 10.2 Å². The first kappa shape index (κ1) is 20.8. The standard InChI is InChI=1S/C21H22ClN3O4S2/c1-31(28,29)21(9-10-21)13-2-4-14(5-3-13)25-12-16-15(8-11-24(16)20(25)27)23-19(26)17-6-7-18(22)30-17/h2-7,15-16H,8-12H2,1H3,(H,23,26)/t15-,16-/m1/s1. The van der Waals surface area contributed by atoms with Crippen molar-refractivity contribution in [1.29, 1.82) is 0 Å². The second-order valence-electron chi connectivity index (χ2n) is 8.44. The molecule has 0 radical (unpaired) electrons. The molecule has 10 heteroatoms. The molecule has 31 heavy (non-hydrogen) atoms. The minimum absolute atomic E-state index is 0.0853. The Labute approximate surface area is 189 Å². The number of fused-ring (bicyclic) bond motifs is 1. The van der Waals surface area contributed by atoms with Gasteiger partial charge in [0.25, 0.3) is 5.91 Å². The fraction of sp³-hybridized carbons (Fsp3) is 0.429. The summed E-state index contributed by atoms with van der Waals surface area (Å²) in [6.45, 7) is 1.07. The molecule has 2 aliphatic heterocycles. The van der Waals surface area contributed by atoms with Crippen LogP contribution in [0, 0.1) is 0 Å². The molecule has 1 aliphatic carbocycles. The normalized spacial score (nSPS) is 24.4. The molecule has 1 aromatic carbocycles. The third-order valence-corrected chi connectivity index (χ3v) is 9.92. The number of hydrogen-bond donors (Lipinski definition) is 1. The van der Waals surface area contributed by atoms with E-state index in [0.717, 1.165) is 11.3 Å². The van der Waals surface area contributed by atoms with Gasteiger partial charge in [-0.2, -0.15) is 0 Å². The van der Waals surface area contributed by atoms with Crippen LogP contribution in [0.4, 0.5) is 10.5 Å². The van der Waals surface area contributed by atoms with Gasteiger partial charge < -0.3 is 10.2 Å². The van der Waals surface area contributed by atoms with Crippen molar-refractivity contribution >= 4 is 50.4 Å². The Bertz CT molecular complexity index is 1160.